The van der Waals surface area contributed by atoms with Crippen molar-refractivity contribution in [1.82, 2.24) is 10.2 Å². The number of aliphatic hydroxyl groups excluding tert-OH is 1. The molecule has 1 heterocycles. The van der Waals surface area contributed by atoms with Crippen LogP contribution in [0.4, 0.5) is 10.5 Å². The Labute approximate surface area is 205 Å². The van der Waals surface area contributed by atoms with E-state index in [2.05, 4.69) is 25.5 Å². The number of methoxy groups -OCH3 is 1. The number of anilines is 1. The number of ether oxygens (including phenoxy) is 1. The molecule has 1 fully saturated rings. The molecule has 0 saturated heterocycles. The number of nitrogens with two attached hydrogens (primary N) is 1. The van der Waals surface area contributed by atoms with Crippen molar-refractivity contribution in [3.8, 4) is 0 Å². The quantitative estimate of drug-likeness (QED) is 0.170. The lowest BCUT2D eigenvalue weighted by Gasteiger charge is -2.40. The predicted molar refractivity (Wildman–Crippen MR) is 135 cm³/mol. The number of carbonyl (C=O) groups excluding carboxylic acids is 2. The molecule has 1 atom stereocenters. The first-order chi connectivity index (χ1) is 16.7. The molecule has 2 aliphatic rings. The lowest BCUT2D eigenvalue weighted by atomic mass is 9.68. The lowest BCUT2D eigenvalue weighted by molar-refractivity contribution is -0.123. The monoisotopic (exact) mass is 488 g/mol. The molecule has 1 aliphatic carbocycles. The van der Waals surface area contributed by atoms with Gasteiger partial charge >= 0.3 is 6.09 Å². The number of aliphatic imine (C=N–C) groups is 1. The highest BCUT2D eigenvalue weighted by Gasteiger charge is 2.41. The molecule has 1 saturated carbocycles. The number of oxime groups is 1. The Morgan fingerprint density at radius 1 is 1.31 bits per heavy atom. The molecule has 35 heavy (non-hydrogen) atoms. The first-order valence-electron chi connectivity index (χ1n) is 11.6. The third-order valence-corrected chi connectivity index (χ3v) is 6.10. The van der Waals surface area contributed by atoms with E-state index in [1.807, 2.05) is 26.8 Å². The van der Waals surface area contributed by atoms with E-state index in [9.17, 15) is 14.7 Å². The van der Waals surface area contributed by atoms with Crippen LogP contribution in [-0.4, -0.2) is 65.3 Å². The molecule has 2 amide bonds. The number of amides is 2. The molecule has 0 radical (unpaired) electrons. The van der Waals surface area contributed by atoms with Crippen LogP contribution < -0.4 is 16.4 Å². The van der Waals surface area contributed by atoms with E-state index >= 15 is 0 Å². The van der Waals surface area contributed by atoms with Crippen molar-refractivity contribution in [1.29, 1.82) is 0 Å². The van der Waals surface area contributed by atoms with E-state index in [-0.39, 0.29) is 24.8 Å². The number of nitrogens with one attached hydrogen (secondary N) is 2. The molecule has 192 valence electrons. The Kier molecular flexibility index (Phi) is 9.64. The SMILES string of the molecule is CC.COC(=O)Nc1cc(C)ccc1C1=CC(O)N(CC(=O)NCC2(/C(N)=N/O)CCC2)C(C)=N1. The van der Waals surface area contributed by atoms with E-state index in [1.54, 1.807) is 19.1 Å². The second-order valence-electron chi connectivity index (χ2n) is 8.31. The van der Waals surface area contributed by atoms with Gasteiger partial charge in [0.25, 0.3) is 0 Å². The third kappa shape index (κ3) is 6.50. The highest BCUT2D eigenvalue weighted by Crippen LogP contribution is 2.40. The van der Waals surface area contributed by atoms with Crippen molar-refractivity contribution >= 4 is 35.1 Å². The normalized spacial score (nSPS) is 18.7. The summed E-state index contributed by atoms with van der Waals surface area (Å²) in [5, 5.41) is 28.3. The molecule has 1 unspecified atom stereocenters. The smallest absolute Gasteiger partial charge is 0.411 e. The van der Waals surface area contributed by atoms with Gasteiger partial charge in [0.1, 0.15) is 24.4 Å². The van der Waals surface area contributed by atoms with Crippen molar-refractivity contribution in [2.24, 2.45) is 21.3 Å². The van der Waals surface area contributed by atoms with E-state index in [0.717, 1.165) is 24.8 Å². The Balaban J connectivity index is 0.00000210. The van der Waals surface area contributed by atoms with E-state index in [0.29, 0.717) is 22.8 Å². The lowest BCUT2D eigenvalue weighted by Crippen LogP contribution is -2.53. The van der Waals surface area contributed by atoms with Crippen LogP contribution in [-0.2, 0) is 9.53 Å². The standard InChI is InChI=1S/C22H30N6O5.C2H6/c1-13-5-6-15(16(9-13)26-21(31)33-3)17-10-19(30)28(14(2)25-17)11-18(29)24-12-22(7-4-8-22)20(23)27-32;1-2/h5-6,9-10,19,30,32H,4,7-8,11-12H2,1-3H3,(H2,23,27)(H,24,29)(H,26,31);1-2H3. The minimum absolute atomic E-state index is 0.117. The summed E-state index contributed by atoms with van der Waals surface area (Å²) in [5.74, 6) is 0.238. The maximum absolute atomic E-state index is 12.6. The molecule has 0 aromatic heterocycles. The first-order valence-corrected chi connectivity index (χ1v) is 11.6. The van der Waals surface area contributed by atoms with Crippen LogP contribution in [0, 0.1) is 12.3 Å². The Hall–Kier alpha value is -3.60. The van der Waals surface area contributed by atoms with E-state index in [4.69, 9.17) is 10.9 Å². The van der Waals surface area contributed by atoms with Crippen LogP contribution >= 0.6 is 0 Å². The van der Waals surface area contributed by atoms with Gasteiger partial charge in [0, 0.05) is 17.5 Å². The molecule has 11 nitrogen and oxygen atoms in total. The minimum Gasteiger partial charge on any atom is -0.453 e. The maximum Gasteiger partial charge on any atom is 0.411 e. The topological polar surface area (TPSA) is 162 Å². The number of nitrogens with zero attached hydrogens (tertiary/aromatic N) is 3. The summed E-state index contributed by atoms with van der Waals surface area (Å²) in [7, 11) is 1.28. The Bertz CT molecular complexity index is 1020. The van der Waals surface area contributed by atoms with Crippen LogP contribution in [0.2, 0.25) is 0 Å². The van der Waals surface area contributed by atoms with Crippen molar-refractivity contribution in [2.75, 3.05) is 25.5 Å². The second kappa shape index (κ2) is 12.2. The fourth-order valence-electron chi connectivity index (χ4n) is 3.91. The molecular weight excluding hydrogens is 452 g/mol. The number of rotatable bonds is 7. The minimum atomic E-state index is -1.10. The average Bonchev–Trinajstić information content (AvgIpc) is 2.81. The molecule has 1 aromatic carbocycles. The predicted octanol–water partition coefficient (Wildman–Crippen LogP) is 2.63. The molecule has 6 N–H and O–H groups in total. The van der Waals surface area contributed by atoms with Gasteiger partial charge in [0.15, 0.2) is 0 Å². The van der Waals surface area contributed by atoms with Crippen LogP contribution in [0.15, 0.2) is 34.4 Å². The van der Waals surface area contributed by atoms with Crippen molar-refractivity contribution in [3.05, 3.63) is 35.4 Å². The summed E-state index contributed by atoms with van der Waals surface area (Å²) in [5.41, 5.74) is 7.78. The van der Waals surface area contributed by atoms with Gasteiger partial charge in [0.05, 0.1) is 18.5 Å². The second-order valence-corrected chi connectivity index (χ2v) is 8.31. The average molecular weight is 489 g/mol. The zero-order chi connectivity index (χ0) is 26.2. The zero-order valence-corrected chi connectivity index (χ0v) is 21.0. The van der Waals surface area contributed by atoms with Crippen LogP contribution in [0.5, 0.6) is 0 Å². The van der Waals surface area contributed by atoms with Gasteiger partial charge in [-0.2, -0.15) is 0 Å². The summed E-state index contributed by atoms with van der Waals surface area (Å²) >= 11 is 0. The van der Waals surface area contributed by atoms with Gasteiger partial charge in [0.2, 0.25) is 5.91 Å². The van der Waals surface area contributed by atoms with Crippen LogP contribution in [0.3, 0.4) is 0 Å². The summed E-state index contributed by atoms with van der Waals surface area (Å²) < 4.78 is 4.68. The van der Waals surface area contributed by atoms with Gasteiger partial charge in [-0.25, -0.2) is 9.79 Å². The highest BCUT2D eigenvalue weighted by atomic mass is 16.5. The van der Waals surface area contributed by atoms with E-state index < -0.39 is 17.7 Å². The highest BCUT2D eigenvalue weighted by molar-refractivity contribution is 5.96. The molecule has 3 rings (SSSR count). The third-order valence-electron chi connectivity index (χ3n) is 6.10. The van der Waals surface area contributed by atoms with Gasteiger partial charge in [-0.15, -0.1) is 0 Å². The first kappa shape index (κ1) is 27.6. The van der Waals surface area contributed by atoms with Crippen LogP contribution in [0.25, 0.3) is 5.70 Å². The largest absolute Gasteiger partial charge is 0.453 e. The number of hydrogen-bond acceptors (Lipinski definition) is 8. The number of hydrogen-bond donors (Lipinski definition) is 5. The number of benzene rings is 1. The van der Waals surface area contributed by atoms with Crippen molar-refractivity contribution in [2.45, 2.75) is 53.2 Å². The van der Waals surface area contributed by atoms with Gasteiger partial charge < -0.3 is 31.0 Å². The Morgan fingerprint density at radius 2 is 2.00 bits per heavy atom. The summed E-state index contributed by atoms with van der Waals surface area (Å²) in [4.78, 5) is 30.3. The molecule has 0 bridgehead atoms. The zero-order valence-electron chi connectivity index (χ0n) is 21.0. The van der Waals surface area contributed by atoms with Crippen molar-refractivity contribution in [3.63, 3.8) is 0 Å². The summed E-state index contributed by atoms with van der Waals surface area (Å²) in [6.45, 7) is 7.72. The van der Waals surface area contributed by atoms with Gasteiger partial charge in [-0.05, 0) is 44.4 Å². The number of amidine groups is 2. The molecule has 0 spiro atoms. The molecular formula is C24H36N6O5. The maximum atomic E-state index is 12.6. The van der Waals surface area contributed by atoms with Gasteiger partial charge in [-0.3, -0.25) is 10.1 Å². The molecule has 11 heteroatoms. The number of aryl methyl sites for hydroxylation is 1. The summed E-state index contributed by atoms with van der Waals surface area (Å²) in [6.07, 6.45) is 2.21. The fourth-order valence-corrected chi connectivity index (χ4v) is 3.91. The van der Waals surface area contributed by atoms with Crippen LogP contribution in [0.1, 0.15) is 51.2 Å². The molecule has 1 aromatic rings. The number of aliphatic hydroxyl groups is 1. The Morgan fingerprint density at radius 3 is 2.54 bits per heavy atom. The number of carbonyl (C=O) groups is 2. The van der Waals surface area contributed by atoms with Crippen molar-refractivity contribution < 1.29 is 24.6 Å². The molecule has 1 aliphatic heterocycles. The fraction of sp³-hybridized carbons (Fsp3) is 0.500. The van der Waals surface area contributed by atoms with E-state index in [1.165, 1.54) is 18.1 Å². The van der Waals surface area contributed by atoms with Gasteiger partial charge in [-0.1, -0.05) is 37.6 Å². The summed E-state index contributed by atoms with van der Waals surface area (Å²) in [6, 6.07) is 5.44.